The highest BCUT2D eigenvalue weighted by molar-refractivity contribution is 4.90. The molecule has 3 nitrogen and oxygen atoms in total. The Morgan fingerprint density at radius 3 is 2.56 bits per heavy atom. The van der Waals surface area contributed by atoms with E-state index < -0.39 is 0 Å². The third-order valence-electron chi connectivity index (χ3n) is 1.22. The quantitative estimate of drug-likeness (QED) is 0.450. The highest BCUT2D eigenvalue weighted by Crippen LogP contribution is 1.92. The van der Waals surface area contributed by atoms with Crippen LogP contribution in [0.4, 0.5) is 0 Å². The lowest BCUT2D eigenvalue weighted by Crippen LogP contribution is -2.32. The SMILES string of the molecule is OC#CN1CCOCC1. The van der Waals surface area contributed by atoms with Gasteiger partial charge in [-0.3, -0.25) is 0 Å². The van der Waals surface area contributed by atoms with Crippen LogP contribution in [0.1, 0.15) is 0 Å². The fraction of sp³-hybridized carbons (Fsp3) is 0.667. The van der Waals surface area contributed by atoms with Crippen molar-refractivity contribution in [2.24, 2.45) is 0 Å². The first kappa shape index (κ1) is 6.24. The molecular weight excluding hydrogens is 118 g/mol. The molecule has 0 radical (unpaired) electrons. The Morgan fingerprint density at radius 2 is 2.00 bits per heavy atom. The van der Waals surface area contributed by atoms with Crippen molar-refractivity contribution < 1.29 is 9.84 Å². The normalized spacial score (nSPS) is 18.4. The summed E-state index contributed by atoms with van der Waals surface area (Å²) in [6, 6.07) is 2.54. The predicted molar refractivity (Wildman–Crippen MR) is 32.1 cm³/mol. The Balaban J connectivity index is 2.28. The molecule has 0 saturated carbocycles. The van der Waals surface area contributed by atoms with Gasteiger partial charge in [0.25, 0.3) is 0 Å². The number of aliphatic hydroxyl groups excluding tert-OH is 1. The van der Waals surface area contributed by atoms with Crippen LogP contribution >= 0.6 is 0 Å². The van der Waals surface area contributed by atoms with Gasteiger partial charge in [0.2, 0.25) is 0 Å². The molecule has 9 heavy (non-hydrogen) atoms. The number of hydrogen-bond donors (Lipinski definition) is 1. The third kappa shape index (κ3) is 1.82. The van der Waals surface area contributed by atoms with Crippen molar-refractivity contribution >= 4 is 0 Å². The van der Waals surface area contributed by atoms with E-state index in [0.717, 1.165) is 13.1 Å². The van der Waals surface area contributed by atoms with E-state index in [1.54, 1.807) is 0 Å². The minimum absolute atomic E-state index is 0.717. The van der Waals surface area contributed by atoms with Crippen LogP contribution in [-0.2, 0) is 4.74 Å². The molecule has 1 aliphatic heterocycles. The lowest BCUT2D eigenvalue weighted by Gasteiger charge is -2.21. The van der Waals surface area contributed by atoms with E-state index in [1.807, 2.05) is 11.0 Å². The molecule has 0 aromatic rings. The molecule has 1 rings (SSSR count). The molecular formula is C6H9NO2. The molecule has 0 aromatic carbocycles. The number of morpholine rings is 1. The first-order chi connectivity index (χ1) is 4.43. The van der Waals surface area contributed by atoms with Crippen LogP contribution in [0.25, 0.3) is 0 Å². The maximum atomic E-state index is 8.17. The number of ether oxygens (including phenoxy) is 1. The summed E-state index contributed by atoms with van der Waals surface area (Å²) in [5.74, 6) is 0. The summed E-state index contributed by atoms with van der Waals surface area (Å²) in [5.41, 5.74) is 0. The molecule has 1 N–H and O–H groups in total. The van der Waals surface area contributed by atoms with Crippen LogP contribution in [-0.4, -0.2) is 36.3 Å². The van der Waals surface area contributed by atoms with Crippen LogP contribution in [0.2, 0.25) is 0 Å². The monoisotopic (exact) mass is 127 g/mol. The second-order valence-electron chi connectivity index (χ2n) is 1.82. The van der Waals surface area contributed by atoms with E-state index in [0.29, 0.717) is 13.2 Å². The third-order valence-corrected chi connectivity index (χ3v) is 1.22. The second kappa shape index (κ2) is 3.21. The largest absolute Gasteiger partial charge is 0.461 e. The number of aliphatic hydroxyl groups is 1. The average molecular weight is 127 g/mol. The molecule has 0 spiro atoms. The van der Waals surface area contributed by atoms with Gasteiger partial charge in [0.15, 0.2) is 0 Å². The maximum Gasteiger partial charge on any atom is 0.131 e. The predicted octanol–water partition coefficient (Wildman–Crippen LogP) is -0.391. The van der Waals surface area contributed by atoms with Gasteiger partial charge >= 0.3 is 0 Å². The van der Waals surface area contributed by atoms with Crippen molar-refractivity contribution in [3.8, 4) is 12.2 Å². The Kier molecular flexibility index (Phi) is 2.22. The topological polar surface area (TPSA) is 32.7 Å². The highest BCUT2D eigenvalue weighted by Gasteiger charge is 2.04. The first-order valence-corrected chi connectivity index (χ1v) is 2.91. The zero-order chi connectivity index (χ0) is 6.53. The first-order valence-electron chi connectivity index (χ1n) is 2.91. The molecule has 0 amide bonds. The molecule has 0 atom stereocenters. The average Bonchev–Trinajstić information content (AvgIpc) is 1.91. The number of rotatable bonds is 0. The van der Waals surface area contributed by atoms with Gasteiger partial charge in [0.05, 0.1) is 19.3 Å². The van der Waals surface area contributed by atoms with Gasteiger partial charge in [-0.1, -0.05) is 0 Å². The Hall–Kier alpha value is -0.880. The van der Waals surface area contributed by atoms with Gasteiger partial charge in [-0.2, -0.15) is 0 Å². The molecule has 50 valence electrons. The van der Waals surface area contributed by atoms with Crippen molar-refractivity contribution in [2.45, 2.75) is 0 Å². The highest BCUT2D eigenvalue weighted by atomic mass is 16.5. The van der Waals surface area contributed by atoms with Gasteiger partial charge < -0.3 is 14.7 Å². The van der Waals surface area contributed by atoms with Gasteiger partial charge in [0, 0.05) is 13.1 Å². The summed E-state index contributed by atoms with van der Waals surface area (Å²) in [4.78, 5) is 1.84. The van der Waals surface area contributed by atoms with Crippen molar-refractivity contribution in [1.82, 2.24) is 4.90 Å². The van der Waals surface area contributed by atoms with E-state index in [2.05, 4.69) is 6.04 Å². The smallest absolute Gasteiger partial charge is 0.131 e. The number of nitrogens with zero attached hydrogens (tertiary/aromatic N) is 1. The minimum Gasteiger partial charge on any atom is -0.461 e. The molecule has 1 saturated heterocycles. The second-order valence-corrected chi connectivity index (χ2v) is 1.82. The van der Waals surface area contributed by atoms with Gasteiger partial charge in [0.1, 0.15) is 6.11 Å². The van der Waals surface area contributed by atoms with Crippen LogP contribution in [0.15, 0.2) is 0 Å². The lowest BCUT2D eigenvalue weighted by atomic mass is 10.5. The van der Waals surface area contributed by atoms with Gasteiger partial charge in [-0.05, 0) is 0 Å². The summed E-state index contributed by atoms with van der Waals surface area (Å²) >= 11 is 0. The van der Waals surface area contributed by atoms with Gasteiger partial charge in [-0.25, -0.2) is 0 Å². The molecule has 1 fully saturated rings. The molecule has 0 aromatic heterocycles. The standard InChI is InChI=1S/C6H9NO2/c8-4-1-7-2-5-9-6-3-7/h8H,2-3,5-6H2. The summed E-state index contributed by atoms with van der Waals surface area (Å²) in [7, 11) is 0. The van der Waals surface area contributed by atoms with Gasteiger partial charge in [-0.15, -0.1) is 0 Å². The van der Waals surface area contributed by atoms with Crippen LogP contribution < -0.4 is 0 Å². The molecule has 0 unspecified atom stereocenters. The summed E-state index contributed by atoms with van der Waals surface area (Å²) in [6.07, 6.45) is 1.86. The van der Waals surface area contributed by atoms with Crippen molar-refractivity contribution in [3.05, 3.63) is 0 Å². The molecule has 3 heteroatoms. The van der Waals surface area contributed by atoms with E-state index in [1.165, 1.54) is 0 Å². The molecule has 0 bridgehead atoms. The maximum absolute atomic E-state index is 8.17. The number of hydrogen-bond acceptors (Lipinski definition) is 3. The Morgan fingerprint density at radius 1 is 1.33 bits per heavy atom. The van der Waals surface area contributed by atoms with Crippen molar-refractivity contribution in [1.29, 1.82) is 0 Å². The zero-order valence-corrected chi connectivity index (χ0v) is 5.13. The van der Waals surface area contributed by atoms with E-state index >= 15 is 0 Å². The van der Waals surface area contributed by atoms with E-state index in [-0.39, 0.29) is 0 Å². The summed E-state index contributed by atoms with van der Waals surface area (Å²) in [5, 5.41) is 8.17. The van der Waals surface area contributed by atoms with Crippen molar-refractivity contribution in [2.75, 3.05) is 26.3 Å². The lowest BCUT2D eigenvalue weighted by molar-refractivity contribution is 0.0635. The molecule has 1 heterocycles. The fourth-order valence-corrected chi connectivity index (χ4v) is 0.746. The van der Waals surface area contributed by atoms with Crippen LogP contribution in [0, 0.1) is 12.2 Å². The summed E-state index contributed by atoms with van der Waals surface area (Å²) in [6.45, 7) is 3.03. The van der Waals surface area contributed by atoms with Crippen LogP contribution in [0.3, 0.4) is 0 Å². The fourth-order valence-electron chi connectivity index (χ4n) is 0.746. The molecule has 1 aliphatic rings. The van der Waals surface area contributed by atoms with E-state index in [4.69, 9.17) is 9.84 Å². The Bertz CT molecular complexity index is 130. The van der Waals surface area contributed by atoms with Crippen molar-refractivity contribution in [3.63, 3.8) is 0 Å². The zero-order valence-electron chi connectivity index (χ0n) is 5.13. The van der Waals surface area contributed by atoms with E-state index in [9.17, 15) is 0 Å². The summed E-state index contributed by atoms with van der Waals surface area (Å²) < 4.78 is 5.05. The van der Waals surface area contributed by atoms with Crippen LogP contribution in [0.5, 0.6) is 0 Å². The molecule has 0 aliphatic carbocycles. The Labute approximate surface area is 54.2 Å². The minimum atomic E-state index is 0.717.